The van der Waals surface area contributed by atoms with Gasteiger partial charge in [0.15, 0.2) is 0 Å². The molecule has 0 bridgehead atoms. The lowest BCUT2D eigenvalue weighted by atomic mass is 10.1. The fourth-order valence-electron chi connectivity index (χ4n) is 3.09. The molecule has 1 heterocycles. The third-order valence-electron chi connectivity index (χ3n) is 4.70. The van der Waals surface area contributed by atoms with E-state index in [9.17, 15) is 9.59 Å². The van der Waals surface area contributed by atoms with E-state index < -0.39 is 0 Å². The molecule has 0 aliphatic carbocycles. The Morgan fingerprint density at radius 1 is 1.20 bits per heavy atom. The van der Waals surface area contributed by atoms with Crippen molar-refractivity contribution in [1.29, 1.82) is 0 Å². The molecule has 2 aromatic rings. The number of benzene rings is 2. The summed E-state index contributed by atoms with van der Waals surface area (Å²) in [7, 11) is 1.58. The summed E-state index contributed by atoms with van der Waals surface area (Å²) in [5.74, 6) is 0.157. The minimum atomic E-state index is -0.362. The topological polar surface area (TPSA) is 58.6 Å². The Hall–Kier alpha value is -2.82. The van der Waals surface area contributed by atoms with Gasteiger partial charge in [0, 0.05) is 30.4 Å². The van der Waals surface area contributed by atoms with Gasteiger partial charge in [-0.05, 0) is 43.2 Å². The minimum absolute atomic E-state index is 0.0144. The fourth-order valence-corrected chi connectivity index (χ4v) is 3.09. The second kappa shape index (κ2) is 6.97. The molecule has 0 unspecified atom stereocenters. The van der Waals surface area contributed by atoms with E-state index in [0.717, 1.165) is 16.8 Å². The highest BCUT2D eigenvalue weighted by atomic mass is 16.5. The molecule has 130 valence electrons. The zero-order valence-corrected chi connectivity index (χ0v) is 14.7. The number of anilines is 2. The number of nitrogens with zero attached hydrogens (tertiary/aromatic N) is 1. The van der Waals surface area contributed by atoms with Gasteiger partial charge in [0.25, 0.3) is 0 Å². The van der Waals surface area contributed by atoms with Crippen LogP contribution in [0.4, 0.5) is 11.4 Å². The van der Waals surface area contributed by atoms with Gasteiger partial charge < -0.3 is 15.0 Å². The highest BCUT2D eigenvalue weighted by Crippen LogP contribution is 2.30. The predicted molar refractivity (Wildman–Crippen MR) is 98.0 cm³/mol. The first-order valence-corrected chi connectivity index (χ1v) is 8.31. The Kier molecular flexibility index (Phi) is 4.74. The molecule has 1 N–H and O–H groups in total. The molecule has 5 heteroatoms. The van der Waals surface area contributed by atoms with E-state index in [1.807, 2.05) is 44.2 Å². The SMILES string of the molecule is COc1cccc(NC(=O)[C@H]2CC(=O)N(c3cccc(C)c3C)C2)c1. The van der Waals surface area contributed by atoms with Crippen molar-refractivity contribution in [2.75, 3.05) is 23.9 Å². The van der Waals surface area contributed by atoms with Gasteiger partial charge in [-0.15, -0.1) is 0 Å². The molecule has 1 aliphatic rings. The van der Waals surface area contributed by atoms with Gasteiger partial charge in [-0.1, -0.05) is 18.2 Å². The number of rotatable bonds is 4. The van der Waals surface area contributed by atoms with E-state index in [4.69, 9.17) is 4.74 Å². The molecule has 0 aromatic heterocycles. The first-order chi connectivity index (χ1) is 12.0. The maximum absolute atomic E-state index is 12.6. The lowest BCUT2D eigenvalue weighted by Gasteiger charge is -2.20. The van der Waals surface area contributed by atoms with Crippen LogP contribution in [-0.2, 0) is 9.59 Å². The molecule has 25 heavy (non-hydrogen) atoms. The molecule has 0 radical (unpaired) electrons. The van der Waals surface area contributed by atoms with Gasteiger partial charge in [-0.3, -0.25) is 9.59 Å². The van der Waals surface area contributed by atoms with Crippen LogP contribution in [0.5, 0.6) is 5.75 Å². The van der Waals surface area contributed by atoms with Gasteiger partial charge in [-0.2, -0.15) is 0 Å². The quantitative estimate of drug-likeness (QED) is 0.930. The minimum Gasteiger partial charge on any atom is -0.497 e. The van der Waals surface area contributed by atoms with Crippen molar-refractivity contribution in [3.05, 3.63) is 53.6 Å². The van der Waals surface area contributed by atoms with Gasteiger partial charge in [0.1, 0.15) is 5.75 Å². The maximum atomic E-state index is 12.6. The van der Waals surface area contributed by atoms with E-state index >= 15 is 0 Å². The number of amides is 2. The normalized spacial score (nSPS) is 16.8. The fraction of sp³-hybridized carbons (Fsp3) is 0.300. The number of hydrogen-bond donors (Lipinski definition) is 1. The summed E-state index contributed by atoms with van der Waals surface area (Å²) in [4.78, 5) is 26.7. The first-order valence-electron chi connectivity index (χ1n) is 8.31. The molecule has 0 saturated carbocycles. The van der Waals surface area contributed by atoms with Crippen LogP contribution in [0, 0.1) is 19.8 Å². The average molecular weight is 338 g/mol. The Morgan fingerprint density at radius 2 is 1.96 bits per heavy atom. The standard InChI is InChI=1S/C20H22N2O3/c1-13-6-4-9-18(14(13)2)22-12-15(10-19(22)23)20(24)21-16-7-5-8-17(11-16)25-3/h4-9,11,15H,10,12H2,1-3H3,(H,21,24)/t15-/m0/s1. The number of ether oxygens (including phenoxy) is 1. The lowest BCUT2D eigenvalue weighted by molar-refractivity contribution is -0.122. The van der Waals surface area contributed by atoms with Gasteiger partial charge in [0.2, 0.25) is 11.8 Å². The van der Waals surface area contributed by atoms with E-state index in [1.54, 1.807) is 24.1 Å². The molecular weight excluding hydrogens is 316 g/mol. The second-order valence-corrected chi connectivity index (χ2v) is 6.35. The first kappa shape index (κ1) is 17.0. The van der Waals surface area contributed by atoms with Crippen LogP contribution >= 0.6 is 0 Å². The largest absolute Gasteiger partial charge is 0.497 e. The summed E-state index contributed by atoms with van der Waals surface area (Å²) in [6, 6.07) is 13.1. The number of carbonyl (C=O) groups excluding carboxylic acids is 2. The van der Waals surface area contributed by atoms with Crippen LogP contribution in [0.1, 0.15) is 17.5 Å². The third-order valence-corrected chi connectivity index (χ3v) is 4.70. The monoisotopic (exact) mass is 338 g/mol. The van der Waals surface area contributed by atoms with Crippen LogP contribution in [0.15, 0.2) is 42.5 Å². The smallest absolute Gasteiger partial charge is 0.229 e. The second-order valence-electron chi connectivity index (χ2n) is 6.35. The Morgan fingerprint density at radius 3 is 2.72 bits per heavy atom. The molecule has 3 rings (SSSR count). The van der Waals surface area contributed by atoms with Gasteiger partial charge in [-0.25, -0.2) is 0 Å². The van der Waals surface area contributed by atoms with Crippen LogP contribution in [0.3, 0.4) is 0 Å². The van der Waals surface area contributed by atoms with Crippen molar-refractivity contribution in [1.82, 2.24) is 0 Å². The molecule has 1 atom stereocenters. The van der Waals surface area contributed by atoms with Crippen LogP contribution < -0.4 is 15.0 Å². The van der Waals surface area contributed by atoms with E-state index in [-0.39, 0.29) is 24.2 Å². The van der Waals surface area contributed by atoms with Gasteiger partial charge in [0.05, 0.1) is 13.0 Å². The predicted octanol–water partition coefficient (Wildman–Crippen LogP) is 3.30. The molecular formula is C20H22N2O3. The van der Waals surface area contributed by atoms with E-state index in [1.165, 1.54) is 0 Å². The molecule has 1 fully saturated rings. The zero-order valence-electron chi connectivity index (χ0n) is 14.7. The van der Waals surface area contributed by atoms with Crippen LogP contribution in [0.2, 0.25) is 0 Å². The van der Waals surface area contributed by atoms with Gasteiger partial charge >= 0.3 is 0 Å². The highest BCUT2D eigenvalue weighted by Gasteiger charge is 2.35. The lowest BCUT2D eigenvalue weighted by Crippen LogP contribution is -2.28. The highest BCUT2D eigenvalue weighted by molar-refractivity contribution is 6.04. The zero-order chi connectivity index (χ0) is 18.0. The molecule has 1 aliphatic heterocycles. The van der Waals surface area contributed by atoms with Crippen molar-refractivity contribution in [2.45, 2.75) is 20.3 Å². The molecule has 1 saturated heterocycles. The average Bonchev–Trinajstić information content (AvgIpc) is 2.99. The summed E-state index contributed by atoms with van der Waals surface area (Å²) in [6.07, 6.45) is 0.225. The summed E-state index contributed by atoms with van der Waals surface area (Å²) in [5.41, 5.74) is 3.77. The third kappa shape index (κ3) is 3.50. The number of carbonyl (C=O) groups is 2. The van der Waals surface area contributed by atoms with Crippen molar-refractivity contribution in [3.8, 4) is 5.75 Å². The van der Waals surface area contributed by atoms with Crippen LogP contribution in [0.25, 0.3) is 0 Å². The number of aryl methyl sites for hydroxylation is 1. The summed E-state index contributed by atoms with van der Waals surface area (Å²) < 4.78 is 5.16. The summed E-state index contributed by atoms with van der Waals surface area (Å²) in [6.45, 7) is 4.42. The molecule has 0 spiro atoms. The molecule has 2 aromatic carbocycles. The van der Waals surface area contributed by atoms with Crippen molar-refractivity contribution in [2.24, 2.45) is 5.92 Å². The van der Waals surface area contributed by atoms with Crippen molar-refractivity contribution < 1.29 is 14.3 Å². The molecule has 2 amide bonds. The van der Waals surface area contributed by atoms with E-state index in [2.05, 4.69) is 5.32 Å². The number of hydrogen-bond acceptors (Lipinski definition) is 3. The maximum Gasteiger partial charge on any atom is 0.229 e. The molecule has 5 nitrogen and oxygen atoms in total. The Labute approximate surface area is 147 Å². The number of nitrogens with one attached hydrogen (secondary N) is 1. The van der Waals surface area contributed by atoms with E-state index in [0.29, 0.717) is 18.0 Å². The van der Waals surface area contributed by atoms with Crippen molar-refractivity contribution >= 4 is 23.2 Å². The van der Waals surface area contributed by atoms with Crippen molar-refractivity contribution in [3.63, 3.8) is 0 Å². The Balaban J connectivity index is 1.73. The Bertz CT molecular complexity index is 816. The summed E-state index contributed by atoms with van der Waals surface area (Å²) in [5, 5.41) is 2.88. The van der Waals surface area contributed by atoms with Crippen LogP contribution in [-0.4, -0.2) is 25.5 Å². The number of methoxy groups -OCH3 is 1. The summed E-state index contributed by atoms with van der Waals surface area (Å²) >= 11 is 0.